The molecule has 8 aromatic rings. The number of rotatable bonds is 4. The van der Waals surface area contributed by atoms with Gasteiger partial charge in [-0.1, -0.05) is 127 Å². The molecule has 210 valence electrons. The number of ether oxygens (including phenoxy) is 1. The van der Waals surface area contributed by atoms with Crippen molar-refractivity contribution in [1.29, 1.82) is 0 Å². The second kappa shape index (κ2) is 10.2. The number of hydrogen-bond acceptors (Lipinski definition) is 4. The van der Waals surface area contributed by atoms with Crippen molar-refractivity contribution in [3.05, 3.63) is 152 Å². The minimum absolute atomic E-state index is 0.643. The summed E-state index contributed by atoms with van der Waals surface area (Å²) in [6.07, 6.45) is 0. The molecule has 0 saturated heterocycles. The van der Waals surface area contributed by atoms with Crippen molar-refractivity contribution >= 4 is 21.5 Å². The lowest BCUT2D eigenvalue weighted by Crippen LogP contribution is -2.00. The summed E-state index contributed by atoms with van der Waals surface area (Å²) in [6.45, 7) is 0. The molecule has 0 bridgehead atoms. The van der Waals surface area contributed by atoms with Crippen molar-refractivity contribution in [3.8, 4) is 67.9 Å². The van der Waals surface area contributed by atoms with Crippen LogP contribution in [0.5, 0.6) is 11.5 Å². The minimum atomic E-state index is 0.643. The molecule has 7 aromatic carbocycles. The van der Waals surface area contributed by atoms with Gasteiger partial charge in [0.15, 0.2) is 17.5 Å². The van der Waals surface area contributed by atoms with E-state index in [9.17, 15) is 0 Å². The van der Waals surface area contributed by atoms with E-state index in [1.807, 2.05) is 66.7 Å². The zero-order valence-corrected chi connectivity index (χ0v) is 24.2. The van der Waals surface area contributed by atoms with E-state index in [2.05, 4.69) is 84.9 Å². The highest BCUT2D eigenvalue weighted by Crippen LogP contribution is 2.48. The van der Waals surface area contributed by atoms with Crippen LogP contribution in [0.25, 0.3) is 78.0 Å². The maximum atomic E-state index is 6.50. The standard InChI is InChI=1S/C41H25N3O/c1-3-11-27(12-4-1)39-42-40(28-13-5-2-6-14-28)44-41(43-39)35-24-23-30(31-17-7-8-18-32(31)35)29-21-22-33-34-19-9-15-26-16-10-20-36(38(26)34)45-37(33)25-29/h1-25H. The van der Waals surface area contributed by atoms with Gasteiger partial charge in [0.2, 0.25) is 0 Å². The summed E-state index contributed by atoms with van der Waals surface area (Å²) >= 11 is 0. The molecule has 0 saturated carbocycles. The molecule has 9 rings (SSSR count). The summed E-state index contributed by atoms with van der Waals surface area (Å²) in [5.41, 5.74) is 7.38. The van der Waals surface area contributed by atoms with Crippen molar-refractivity contribution in [3.63, 3.8) is 0 Å². The van der Waals surface area contributed by atoms with Crippen molar-refractivity contribution < 1.29 is 4.74 Å². The topological polar surface area (TPSA) is 47.9 Å². The Bertz CT molecular complexity index is 2340. The first-order valence-electron chi connectivity index (χ1n) is 15.0. The predicted octanol–water partition coefficient (Wildman–Crippen LogP) is 10.6. The number of aromatic nitrogens is 3. The number of nitrogens with zero attached hydrogens (tertiary/aromatic N) is 3. The molecular formula is C41H25N3O. The molecule has 0 fully saturated rings. The van der Waals surface area contributed by atoms with Crippen LogP contribution in [0.15, 0.2) is 152 Å². The fourth-order valence-electron chi connectivity index (χ4n) is 6.41. The van der Waals surface area contributed by atoms with Gasteiger partial charge in [-0.15, -0.1) is 0 Å². The third-order valence-corrected chi connectivity index (χ3v) is 8.53. The van der Waals surface area contributed by atoms with Crippen LogP contribution in [-0.2, 0) is 0 Å². The average Bonchev–Trinajstić information content (AvgIpc) is 3.12. The quantitative estimate of drug-likeness (QED) is 0.209. The molecule has 1 aliphatic heterocycles. The van der Waals surface area contributed by atoms with E-state index in [1.165, 1.54) is 10.9 Å². The summed E-state index contributed by atoms with van der Waals surface area (Å²) in [7, 11) is 0. The molecule has 0 aliphatic carbocycles. The van der Waals surface area contributed by atoms with Crippen molar-refractivity contribution in [2.24, 2.45) is 0 Å². The number of hydrogen-bond donors (Lipinski definition) is 0. The second-order valence-electron chi connectivity index (χ2n) is 11.2. The molecule has 0 N–H and O–H groups in total. The molecule has 4 nitrogen and oxygen atoms in total. The molecule has 4 heteroatoms. The Labute approximate surface area is 260 Å². The van der Waals surface area contributed by atoms with Gasteiger partial charge < -0.3 is 4.74 Å². The van der Waals surface area contributed by atoms with Crippen LogP contribution < -0.4 is 4.74 Å². The van der Waals surface area contributed by atoms with Gasteiger partial charge in [0.1, 0.15) is 11.5 Å². The van der Waals surface area contributed by atoms with E-state index in [-0.39, 0.29) is 0 Å². The summed E-state index contributed by atoms with van der Waals surface area (Å²) in [6, 6.07) is 52.1. The molecule has 45 heavy (non-hydrogen) atoms. The van der Waals surface area contributed by atoms with Gasteiger partial charge in [-0.2, -0.15) is 0 Å². The highest BCUT2D eigenvalue weighted by Gasteiger charge is 2.21. The van der Waals surface area contributed by atoms with E-state index in [4.69, 9.17) is 19.7 Å². The maximum absolute atomic E-state index is 6.50. The lowest BCUT2D eigenvalue weighted by Gasteiger charge is -2.22. The molecule has 0 amide bonds. The Morgan fingerprint density at radius 1 is 0.356 bits per heavy atom. The van der Waals surface area contributed by atoms with Gasteiger partial charge in [0.05, 0.1) is 0 Å². The summed E-state index contributed by atoms with van der Waals surface area (Å²) < 4.78 is 6.50. The average molecular weight is 576 g/mol. The van der Waals surface area contributed by atoms with Gasteiger partial charge in [0, 0.05) is 27.6 Å². The third-order valence-electron chi connectivity index (χ3n) is 8.53. The molecule has 2 heterocycles. The zero-order valence-electron chi connectivity index (χ0n) is 24.2. The van der Waals surface area contributed by atoms with Gasteiger partial charge >= 0.3 is 0 Å². The number of benzene rings is 7. The lowest BCUT2D eigenvalue weighted by atomic mass is 9.91. The first-order chi connectivity index (χ1) is 22.3. The first kappa shape index (κ1) is 25.4. The molecular weight excluding hydrogens is 550 g/mol. The van der Waals surface area contributed by atoms with E-state index < -0.39 is 0 Å². The molecule has 0 unspecified atom stereocenters. The van der Waals surface area contributed by atoms with Crippen LogP contribution in [-0.4, -0.2) is 15.0 Å². The maximum Gasteiger partial charge on any atom is 0.164 e. The summed E-state index contributed by atoms with van der Waals surface area (Å²) in [5.74, 6) is 3.70. The Hall–Kier alpha value is -6.13. The van der Waals surface area contributed by atoms with Gasteiger partial charge in [-0.05, 0) is 57.1 Å². The van der Waals surface area contributed by atoms with E-state index in [0.29, 0.717) is 17.5 Å². The fraction of sp³-hybridized carbons (Fsp3) is 0. The predicted molar refractivity (Wildman–Crippen MR) is 182 cm³/mol. The van der Waals surface area contributed by atoms with Crippen LogP contribution in [0.1, 0.15) is 0 Å². The van der Waals surface area contributed by atoms with Crippen LogP contribution in [0.2, 0.25) is 0 Å². The first-order valence-corrected chi connectivity index (χ1v) is 15.0. The lowest BCUT2D eigenvalue weighted by molar-refractivity contribution is 0.487. The normalized spacial score (nSPS) is 11.7. The minimum Gasteiger partial charge on any atom is -0.456 e. The highest BCUT2D eigenvalue weighted by molar-refractivity contribution is 6.06. The van der Waals surface area contributed by atoms with Crippen LogP contribution in [0, 0.1) is 0 Å². The largest absolute Gasteiger partial charge is 0.456 e. The smallest absolute Gasteiger partial charge is 0.164 e. The number of fused-ring (bicyclic) bond motifs is 3. The molecule has 1 aromatic heterocycles. The van der Waals surface area contributed by atoms with Gasteiger partial charge in [0.25, 0.3) is 0 Å². The monoisotopic (exact) mass is 575 g/mol. The van der Waals surface area contributed by atoms with E-state index >= 15 is 0 Å². The zero-order chi connectivity index (χ0) is 29.7. The highest BCUT2D eigenvalue weighted by atomic mass is 16.5. The Morgan fingerprint density at radius 3 is 1.64 bits per heavy atom. The van der Waals surface area contributed by atoms with Gasteiger partial charge in [-0.3, -0.25) is 0 Å². The Kier molecular flexibility index (Phi) is 5.78. The SMILES string of the molecule is c1ccc(-c2nc(-c3ccccc3)nc(-c3ccc(-c4ccc5c(c4)Oc4cccc6cccc-5c46)c4ccccc34)n2)cc1. The van der Waals surface area contributed by atoms with Crippen molar-refractivity contribution in [2.75, 3.05) is 0 Å². The fourth-order valence-corrected chi connectivity index (χ4v) is 6.41. The summed E-state index contributed by atoms with van der Waals surface area (Å²) in [5, 5.41) is 4.55. The third kappa shape index (κ3) is 4.27. The van der Waals surface area contributed by atoms with E-state index in [1.54, 1.807) is 0 Å². The molecule has 0 radical (unpaired) electrons. The second-order valence-corrected chi connectivity index (χ2v) is 11.2. The van der Waals surface area contributed by atoms with Crippen LogP contribution in [0.3, 0.4) is 0 Å². The van der Waals surface area contributed by atoms with Crippen molar-refractivity contribution in [1.82, 2.24) is 15.0 Å². The Morgan fingerprint density at radius 2 is 0.933 bits per heavy atom. The molecule has 0 spiro atoms. The Balaban J connectivity index is 1.20. The van der Waals surface area contributed by atoms with Crippen molar-refractivity contribution in [2.45, 2.75) is 0 Å². The molecule has 0 atom stereocenters. The van der Waals surface area contributed by atoms with Gasteiger partial charge in [-0.25, -0.2) is 15.0 Å². The van der Waals surface area contributed by atoms with E-state index in [0.717, 1.165) is 61.0 Å². The van der Waals surface area contributed by atoms with Crippen LogP contribution in [0.4, 0.5) is 0 Å². The van der Waals surface area contributed by atoms with Crippen LogP contribution >= 0.6 is 0 Å². The summed E-state index contributed by atoms with van der Waals surface area (Å²) in [4.78, 5) is 14.9. The molecule has 1 aliphatic rings.